The highest BCUT2D eigenvalue weighted by atomic mass is 35.5. The van der Waals surface area contributed by atoms with E-state index in [2.05, 4.69) is 10.6 Å². The number of hydrogen-bond acceptors (Lipinski definition) is 5. The number of ether oxygens (including phenoxy) is 1. The van der Waals surface area contributed by atoms with Gasteiger partial charge in [-0.15, -0.1) is 0 Å². The fraction of sp³-hybridized carbons (Fsp3) is 0.444. The van der Waals surface area contributed by atoms with Gasteiger partial charge in [0.25, 0.3) is 0 Å². The van der Waals surface area contributed by atoms with Gasteiger partial charge in [0.05, 0.1) is 28.1 Å². The number of benzene rings is 2. The molecule has 2 aromatic carbocycles. The molecule has 3 aliphatic rings. The maximum absolute atomic E-state index is 13.9. The second-order valence-corrected chi connectivity index (χ2v) is 10.5. The quantitative estimate of drug-likeness (QED) is 0.528. The zero-order chi connectivity index (χ0) is 25.7. The lowest BCUT2D eigenvalue weighted by atomic mass is 9.62. The van der Waals surface area contributed by atoms with Crippen LogP contribution in [0.5, 0.6) is 0 Å². The van der Waals surface area contributed by atoms with Crippen LogP contribution < -0.4 is 10.6 Å². The molecule has 190 valence electrons. The lowest BCUT2D eigenvalue weighted by Crippen LogP contribution is -2.54. The Kier molecular flexibility index (Phi) is 6.31. The molecule has 0 aromatic heterocycles. The minimum atomic E-state index is -1.16. The van der Waals surface area contributed by atoms with Crippen molar-refractivity contribution in [2.45, 2.75) is 43.9 Å². The Morgan fingerprint density at radius 2 is 1.81 bits per heavy atom. The molecule has 2 bridgehead atoms. The van der Waals surface area contributed by atoms with Crippen molar-refractivity contribution in [1.82, 2.24) is 4.90 Å². The van der Waals surface area contributed by atoms with E-state index in [1.165, 1.54) is 4.90 Å². The lowest BCUT2D eigenvalue weighted by Gasteiger charge is -2.36. The van der Waals surface area contributed by atoms with E-state index < -0.39 is 35.0 Å². The third-order valence-electron chi connectivity index (χ3n) is 8.08. The molecule has 6 atom stereocenters. The topological polar surface area (TPSA) is 108 Å². The SMILES string of the molecule is CC1CC23O[C@@]1(C)[C@H](C(=O)Nc1ccccc1)[C@H]2C(=O)N(CCCO)C3C(=O)Nc1ccccc1Cl. The third kappa shape index (κ3) is 3.70. The second-order valence-electron chi connectivity index (χ2n) is 10.1. The lowest BCUT2D eigenvalue weighted by molar-refractivity contribution is -0.144. The van der Waals surface area contributed by atoms with E-state index in [0.29, 0.717) is 29.2 Å². The molecule has 3 aliphatic heterocycles. The highest BCUT2D eigenvalue weighted by Crippen LogP contribution is 2.65. The molecule has 9 heteroatoms. The van der Waals surface area contributed by atoms with Gasteiger partial charge in [-0.1, -0.05) is 48.9 Å². The number of para-hydroxylation sites is 2. The van der Waals surface area contributed by atoms with Crippen molar-refractivity contribution in [3.63, 3.8) is 0 Å². The molecule has 8 nitrogen and oxygen atoms in total. The van der Waals surface area contributed by atoms with E-state index in [1.54, 1.807) is 36.4 Å². The number of amides is 3. The summed E-state index contributed by atoms with van der Waals surface area (Å²) in [5.74, 6) is -2.68. The number of carbonyl (C=O) groups is 3. The highest BCUT2D eigenvalue weighted by Gasteiger charge is 2.79. The number of anilines is 2. The van der Waals surface area contributed by atoms with E-state index in [0.717, 1.165) is 0 Å². The van der Waals surface area contributed by atoms with E-state index >= 15 is 0 Å². The third-order valence-corrected chi connectivity index (χ3v) is 8.41. The summed E-state index contributed by atoms with van der Waals surface area (Å²) < 4.78 is 6.66. The first-order chi connectivity index (χ1) is 17.2. The predicted molar refractivity (Wildman–Crippen MR) is 135 cm³/mol. The van der Waals surface area contributed by atoms with E-state index in [4.69, 9.17) is 16.3 Å². The van der Waals surface area contributed by atoms with Crippen molar-refractivity contribution in [2.75, 3.05) is 23.8 Å². The predicted octanol–water partition coefficient (Wildman–Crippen LogP) is 3.31. The largest absolute Gasteiger partial charge is 0.396 e. The van der Waals surface area contributed by atoms with Crippen LogP contribution in [0.2, 0.25) is 5.02 Å². The van der Waals surface area contributed by atoms with Crippen molar-refractivity contribution in [3.05, 3.63) is 59.6 Å². The Balaban J connectivity index is 1.53. The van der Waals surface area contributed by atoms with Crippen LogP contribution in [-0.2, 0) is 19.1 Å². The standard InChI is InChI=1S/C27H30ClN3O5/c1-16-15-27-21(20(26(16,2)36-27)23(33)29-17-9-4-3-5-10-17)25(35)31(13-8-14-32)22(27)24(34)30-19-12-7-6-11-18(19)28/h3-7,9-12,16,20-22,32H,8,13-15H2,1-2H3,(H,29,33)(H,30,34)/t16?,20-,21-,22?,26+,27?/m0/s1. The number of hydrogen-bond donors (Lipinski definition) is 3. The Labute approximate surface area is 215 Å². The van der Waals surface area contributed by atoms with Crippen molar-refractivity contribution in [1.29, 1.82) is 0 Å². The first-order valence-electron chi connectivity index (χ1n) is 12.3. The average Bonchev–Trinajstić information content (AvgIpc) is 3.36. The number of nitrogens with zero attached hydrogens (tertiary/aromatic N) is 1. The highest BCUT2D eigenvalue weighted by molar-refractivity contribution is 6.33. The van der Waals surface area contributed by atoms with Crippen molar-refractivity contribution >= 4 is 40.7 Å². The van der Waals surface area contributed by atoms with Crippen molar-refractivity contribution < 1.29 is 24.2 Å². The summed E-state index contributed by atoms with van der Waals surface area (Å²) in [5.41, 5.74) is -1.01. The van der Waals surface area contributed by atoms with Gasteiger partial charge in [0.1, 0.15) is 11.6 Å². The molecule has 3 heterocycles. The fourth-order valence-electron chi connectivity index (χ4n) is 6.43. The second kappa shape index (κ2) is 9.18. The number of rotatable bonds is 7. The van der Waals surface area contributed by atoms with Gasteiger partial charge in [0, 0.05) is 18.8 Å². The smallest absolute Gasteiger partial charge is 0.250 e. The molecule has 3 N–H and O–H groups in total. The molecule has 3 saturated heterocycles. The minimum Gasteiger partial charge on any atom is -0.396 e. The summed E-state index contributed by atoms with van der Waals surface area (Å²) in [6, 6.07) is 15.0. The summed E-state index contributed by atoms with van der Waals surface area (Å²) in [6.07, 6.45) is 0.767. The number of likely N-dealkylation sites (tertiary alicyclic amines) is 1. The van der Waals surface area contributed by atoms with Crippen LogP contribution in [0.4, 0.5) is 11.4 Å². The van der Waals surface area contributed by atoms with Crippen LogP contribution in [0, 0.1) is 17.8 Å². The van der Waals surface area contributed by atoms with Gasteiger partial charge in [-0.3, -0.25) is 14.4 Å². The minimum absolute atomic E-state index is 0.0681. The van der Waals surface area contributed by atoms with Crippen LogP contribution >= 0.6 is 11.6 Å². The Morgan fingerprint density at radius 1 is 1.11 bits per heavy atom. The van der Waals surface area contributed by atoms with Gasteiger partial charge < -0.3 is 25.4 Å². The first kappa shape index (κ1) is 24.7. The number of aliphatic hydroxyl groups excluding tert-OH is 1. The molecule has 3 amide bonds. The zero-order valence-corrected chi connectivity index (χ0v) is 21.0. The average molecular weight is 512 g/mol. The van der Waals surface area contributed by atoms with Gasteiger partial charge in [-0.05, 0) is 49.9 Å². The van der Waals surface area contributed by atoms with Gasteiger partial charge >= 0.3 is 0 Å². The van der Waals surface area contributed by atoms with Crippen LogP contribution in [0.25, 0.3) is 0 Å². The molecular weight excluding hydrogens is 482 g/mol. The monoisotopic (exact) mass is 511 g/mol. The molecule has 3 fully saturated rings. The van der Waals surface area contributed by atoms with Gasteiger partial charge in [-0.2, -0.15) is 0 Å². The Bertz CT molecular complexity index is 1190. The van der Waals surface area contributed by atoms with Crippen LogP contribution in [0.15, 0.2) is 54.6 Å². The van der Waals surface area contributed by atoms with E-state index in [-0.39, 0.29) is 30.9 Å². The summed E-state index contributed by atoms with van der Waals surface area (Å²) in [4.78, 5) is 42.8. The number of nitrogens with one attached hydrogen (secondary N) is 2. The van der Waals surface area contributed by atoms with E-state index in [9.17, 15) is 19.5 Å². The normalized spacial score (nSPS) is 32.4. The molecule has 0 aliphatic carbocycles. The number of halogens is 1. The number of carbonyl (C=O) groups excluding carboxylic acids is 3. The van der Waals surface area contributed by atoms with Crippen LogP contribution in [0.3, 0.4) is 0 Å². The van der Waals surface area contributed by atoms with E-state index in [1.807, 2.05) is 32.0 Å². The van der Waals surface area contributed by atoms with Gasteiger partial charge in [-0.25, -0.2) is 0 Å². The Hall–Kier alpha value is -2.94. The van der Waals surface area contributed by atoms with Crippen LogP contribution in [-0.4, -0.2) is 58.1 Å². The molecular formula is C27H30ClN3O5. The molecule has 3 unspecified atom stereocenters. The summed E-state index contributed by atoms with van der Waals surface area (Å²) in [5, 5.41) is 15.7. The fourth-order valence-corrected chi connectivity index (χ4v) is 6.61. The molecule has 0 saturated carbocycles. The van der Waals surface area contributed by atoms with Gasteiger partial charge in [0.2, 0.25) is 17.7 Å². The summed E-state index contributed by atoms with van der Waals surface area (Å²) in [7, 11) is 0. The molecule has 36 heavy (non-hydrogen) atoms. The van der Waals surface area contributed by atoms with Crippen LogP contribution in [0.1, 0.15) is 26.7 Å². The molecule has 1 spiro atoms. The summed E-state index contributed by atoms with van der Waals surface area (Å²) >= 11 is 6.29. The molecule has 0 radical (unpaired) electrons. The number of aliphatic hydroxyl groups is 1. The molecule has 2 aromatic rings. The van der Waals surface area contributed by atoms with Gasteiger partial charge in [0.15, 0.2) is 0 Å². The molecule has 5 rings (SSSR count). The van der Waals surface area contributed by atoms with Crippen molar-refractivity contribution in [2.24, 2.45) is 17.8 Å². The van der Waals surface area contributed by atoms with Crippen molar-refractivity contribution in [3.8, 4) is 0 Å². The maximum atomic E-state index is 13.9. The Morgan fingerprint density at radius 3 is 2.50 bits per heavy atom. The maximum Gasteiger partial charge on any atom is 0.250 e. The first-order valence-corrected chi connectivity index (χ1v) is 12.6. The number of fused-ring (bicyclic) bond motifs is 1. The zero-order valence-electron chi connectivity index (χ0n) is 20.2. The summed E-state index contributed by atoms with van der Waals surface area (Å²) in [6.45, 7) is 3.91.